The summed E-state index contributed by atoms with van der Waals surface area (Å²) in [7, 11) is 0. The number of halogens is 1. The number of hydrogen-bond acceptors (Lipinski definition) is 3. The van der Waals surface area contributed by atoms with Gasteiger partial charge in [-0.15, -0.1) is 0 Å². The molecule has 0 amide bonds. The van der Waals surface area contributed by atoms with Gasteiger partial charge in [0.15, 0.2) is 0 Å². The van der Waals surface area contributed by atoms with Crippen LogP contribution in [-0.4, -0.2) is 31.1 Å². The fourth-order valence-corrected chi connectivity index (χ4v) is 2.84. The fourth-order valence-electron chi connectivity index (χ4n) is 2.32. The van der Waals surface area contributed by atoms with Crippen LogP contribution in [0.4, 0.5) is 0 Å². The van der Waals surface area contributed by atoms with E-state index in [0.717, 1.165) is 51.3 Å². The van der Waals surface area contributed by atoms with E-state index >= 15 is 0 Å². The van der Waals surface area contributed by atoms with Gasteiger partial charge >= 0.3 is 0 Å². The van der Waals surface area contributed by atoms with Crippen molar-refractivity contribution in [2.45, 2.75) is 19.3 Å². The third-order valence-corrected chi connectivity index (χ3v) is 4.12. The van der Waals surface area contributed by atoms with E-state index in [1.807, 2.05) is 12.1 Å². The minimum atomic E-state index is 0.277. The molecule has 102 valence electrons. The summed E-state index contributed by atoms with van der Waals surface area (Å²) in [6.45, 7) is 3.95. The molecule has 4 heteroatoms. The summed E-state index contributed by atoms with van der Waals surface area (Å²) in [5.74, 6) is 1.23. The fraction of sp³-hybridized carbons (Fsp3) is 0.533. The lowest BCUT2D eigenvalue weighted by molar-refractivity contribution is 0.188. The van der Waals surface area contributed by atoms with Gasteiger partial charge < -0.3 is 9.64 Å². The van der Waals surface area contributed by atoms with Crippen LogP contribution in [0.5, 0.6) is 5.75 Å². The molecular formula is C15H19IN2O. The number of nitrogens with zero attached hydrogens (tertiary/aromatic N) is 2. The van der Waals surface area contributed by atoms with Gasteiger partial charge in [0.2, 0.25) is 0 Å². The van der Waals surface area contributed by atoms with Crippen LogP contribution in [-0.2, 0) is 0 Å². The molecule has 0 spiro atoms. The lowest BCUT2D eigenvalue weighted by atomic mass is 9.98. The Hall–Kier alpha value is -0.800. The number of benzene rings is 1. The van der Waals surface area contributed by atoms with Crippen LogP contribution in [0.1, 0.15) is 19.3 Å². The van der Waals surface area contributed by atoms with E-state index in [0.29, 0.717) is 0 Å². The predicted octanol–water partition coefficient (Wildman–Crippen LogP) is 3.30. The number of piperidine rings is 1. The highest BCUT2D eigenvalue weighted by Crippen LogP contribution is 2.17. The third kappa shape index (κ3) is 5.00. The van der Waals surface area contributed by atoms with Gasteiger partial charge in [-0.2, -0.15) is 5.26 Å². The Morgan fingerprint density at radius 1 is 1.37 bits per heavy atom. The molecule has 3 nitrogen and oxygen atoms in total. The van der Waals surface area contributed by atoms with Crippen molar-refractivity contribution in [1.29, 1.82) is 5.26 Å². The second-order valence-corrected chi connectivity index (χ2v) is 6.15. The van der Waals surface area contributed by atoms with Crippen molar-refractivity contribution in [3.63, 3.8) is 0 Å². The molecule has 1 aliphatic rings. The van der Waals surface area contributed by atoms with Crippen LogP contribution in [0.15, 0.2) is 24.3 Å². The molecular weight excluding hydrogens is 351 g/mol. The maximum atomic E-state index is 8.85. The van der Waals surface area contributed by atoms with Crippen LogP contribution in [0.2, 0.25) is 0 Å². The van der Waals surface area contributed by atoms with Crippen molar-refractivity contribution in [3.8, 4) is 11.8 Å². The Bertz CT molecular complexity index is 436. The minimum Gasteiger partial charge on any atom is -0.494 e. The van der Waals surface area contributed by atoms with Gasteiger partial charge in [-0.05, 0) is 73.1 Å². The van der Waals surface area contributed by atoms with Crippen LogP contribution < -0.4 is 4.74 Å². The molecule has 0 radical (unpaired) electrons. The summed E-state index contributed by atoms with van der Waals surface area (Å²) >= 11 is 2.29. The molecule has 0 N–H and O–H groups in total. The molecule has 1 aromatic rings. The molecule has 1 fully saturated rings. The first-order chi connectivity index (χ1) is 9.28. The van der Waals surface area contributed by atoms with Crippen LogP contribution in [0, 0.1) is 20.8 Å². The molecule has 0 bridgehead atoms. The Morgan fingerprint density at radius 3 is 2.84 bits per heavy atom. The summed E-state index contributed by atoms with van der Waals surface area (Å²) in [6.07, 6.45) is 3.09. The van der Waals surface area contributed by atoms with Gasteiger partial charge in [0, 0.05) is 16.0 Å². The van der Waals surface area contributed by atoms with Crippen LogP contribution in [0.3, 0.4) is 0 Å². The maximum Gasteiger partial charge on any atom is 0.120 e. The normalized spacial score (nSPS) is 17.1. The molecule has 0 aromatic heterocycles. The smallest absolute Gasteiger partial charge is 0.120 e. The molecule has 0 atom stereocenters. The molecule has 0 unspecified atom stereocenters. The van der Waals surface area contributed by atoms with E-state index in [2.05, 4.69) is 45.7 Å². The van der Waals surface area contributed by atoms with E-state index in [4.69, 9.17) is 10.00 Å². The highest BCUT2D eigenvalue weighted by atomic mass is 127. The van der Waals surface area contributed by atoms with Gasteiger partial charge in [-0.3, -0.25) is 0 Å². The Kier molecular flexibility index (Phi) is 5.93. The maximum absolute atomic E-state index is 8.85. The van der Waals surface area contributed by atoms with Gasteiger partial charge in [0.1, 0.15) is 5.75 Å². The largest absolute Gasteiger partial charge is 0.494 e. The zero-order valence-corrected chi connectivity index (χ0v) is 13.2. The van der Waals surface area contributed by atoms with E-state index in [9.17, 15) is 0 Å². The second-order valence-electron chi connectivity index (χ2n) is 4.90. The predicted molar refractivity (Wildman–Crippen MR) is 84.0 cm³/mol. The summed E-state index contributed by atoms with van der Waals surface area (Å²) in [5.41, 5.74) is 0. The minimum absolute atomic E-state index is 0.277. The third-order valence-electron chi connectivity index (χ3n) is 3.45. The Morgan fingerprint density at radius 2 is 2.16 bits per heavy atom. The second kappa shape index (κ2) is 7.71. The molecule has 0 aliphatic carbocycles. The van der Waals surface area contributed by atoms with Crippen molar-refractivity contribution >= 4 is 22.6 Å². The van der Waals surface area contributed by atoms with Gasteiger partial charge in [-0.25, -0.2) is 0 Å². The first-order valence-electron chi connectivity index (χ1n) is 6.78. The van der Waals surface area contributed by atoms with E-state index in [1.54, 1.807) is 0 Å². The summed E-state index contributed by atoms with van der Waals surface area (Å²) in [5, 5.41) is 8.85. The SMILES string of the molecule is N#CC1CCN(CCCOc2cccc(I)c2)CC1. The molecule has 0 saturated carbocycles. The topological polar surface area (TPSA) is 36.3 Å². The molecule has 1 aliphatic heterocycles. The molecule has 1 saturated heterocycles. The quantitative estimate of drug-likeness (QED) is 0.590. The monoisotopic (exact) mass is 370 g/mol. The van der Waals surface area contributed by atoms with Crippen molar-refractivity contribution in [2.24, 2.45) is 5.92 Å². The highest BCUT2D eigenvalue weighted by Gasteiger charge is 2.17. The van der Waals surface area contributed by atoms with Gasteiger partial charge in [-0.1, -0.05) is 6.07 Å². The Labute approximate surface area is 128 Å². The van der Waals surface area contributed by atoms with E-state index < -0.39 is 0 Å². The van der Waals surface area contributed by atoms with Crippen LogP contribution in [0.25, 0.3) is 0 Å². The highest BCUT2D eigenvalue weighted by molar-refractivity contribution is 14.1. The number of rotatable bonds is 5. The molecule has 1 heterocycles. The Balaban J connectivity index is 1.61. The van der Waals surface area contributed by atoms with Crippen molar-refractivity contribution in [3.05, 3.63) is 27.8 Å². The average Bonchev–Trinajstić information content (AvgIpc) is 2.44. The first-order valence-corrected chi connectivity index (χ1v) is 7.86. The lowest BCUT2D eigenvalue weighted by Gasteiger charge is -2.28. The number of hydrogen-bond donors (Lipinski definition) is 0. The molecule has 19 heavy (non-hydrogen) atoms. The van der Waals surface area contributed by atoms with Crippen LogP contribution >= 0.6 is 22.6 Å². The zero-order chi connectivity index (χ0) is 13.5. The van der Waals surface area contributed by atoms with Gasteiger partial charge in [0.05, 0.1) is 12.7 Å². The standard InChI is InChI=1S/C15H19IN2O/c16-14-3-1-4-15(11-14)19-10-2-7-18-8-5-13(12-17)6-9-18/h1,3-4,11,13H,2,5-10H2. The van der Waals surface area contributed by atoms with Crippen molar-refractivity contribution in [2.75, 3.05) is 26.2 Å². The zero-order valence-electron chi connectivity index (χ0n) is 11.0. The van der Waals surface area contributed by atoms with E-state index in [1.165, 1.54) is 3.57 Å². The molecule has 2 rings (SSSR count). The van der Waals surface area contributed by atoms with Gasteiger partial charge in [0.25, 0.3) is 0 Å². The summed E-state index contributed by atoms with van der Waals surface area (Å²) in [6, 6.07) is 10.5. The number of nitriles is 1. The molecule has 1 aromatic carbocycles. The van der Waals surface area contributed by atoms with Crippen molar-refractivity contribution < 1.29 is 4.74 Å². The average molecular weight is 370 g/mol. The number of ether oxygens (including phenoxy) is 1. The lowest BCUT2D eigenvalue weighted by Crippen LogP contribution is -2.34. The van der Waals surface area contributed by atoms with Crippen molar-refractivity contribution in [1.82, 2.24) is 4.90 Å². The van der Waals surface area contributed by atoms with E-state index in [-0.39, 0.29) is 5.92 Å². The summed E-state index contributed by atoms with van der Waals surface area (Å²) < 4.78 is 6.94. The number of likely N-dealkylation sites (tertiary alicyclic amines) is 1. The summed E-state index contributed by atoms with van der Waals surface area (Å²) in [4.78, 5) is 2.44. The first kappa shape index (κ1) is 14.6.